The van der Waals surface area contributed by atoms with Crippen LogP contribution in [0, 0.1) is 0 Å². The number of unbranched alkanes of at least 4 members (excludes halogenated alkanes) is 16. The molecule has 0 saturated carbocycles. The largest absolute Gasteiger partial charge is 0.779 e. The number of hydrogen-bond acceptors (Lipinski definition) is 3. The second kappa shape index (κ2) is 29.5. The third-order valence-electron chi connectivity index (χ3n) is 8.34. The molecule has 0 bridgehead atoms. The molecule has 0 aromatic carbocycles. The Bertz CT molecular complexity index is 552. The van der Waals surface area contributed by atoms with Crippen LogP contribution in [0.1, 0.15) is 163 Å². The number of hydrogen-bond donors (Lipinski definition) is 0. The Morgan fingerprint density at radius 1 is 0.537 bits per heavy atom. The third-order valence-corrected chi connectivity index (χ3v) is 15.9. The first kappa shape index (κ1) is 43.9. The van der Waals surface area contributed by atoms with Crippen molar-refractivity contribution in [1.82, 2.24) is 0 Å². The monoisotopic (exact) mass is 637 g/mol. The van der Waals surface area contributed by atoms with Crippen LogP contribution >= 0.6 is 14.9 Å². The van der Waals surface area contributed by atoms with Gasteiger partial charge in [0.05, 0.1) is 31.3 Å². The van der Waals surface area contributed by atoms with E-state index in [0.717, 1.165) is 19.1 Å². The molecule has 41 heavy (non-hydrogen) atoms. The fourth-order valence-electron chi connectivity index (χ4n) is 5.63. The standard InChI is InChI=1S/C28H60P.C7H19O3PSi/c1-5-9-13-14-15-16-17-18-19-20-21-22-23-24-28-29(25-10-6-2,26-11-7-3)27-12-8-4;1-11(8,9)10-6-5-7-12(2,3)4/h5-28H2,1-4H3;5-7H2,1-4H3,(H,8,9)/q+1;/p-1. The van der Waals surface area contributed by atoms with Crippen LogP contribution in [0.3, 0.4) is 0 Å². The molecule has 0 aromatic rings. The molecule has 0 radical (unpaired) electrons. The summed E-state index contributed by atoms with van der Waals surface area (Å²) in [6.07, 6.45) is 36.8. The molecule has 0 rings (SSSR count). The van der Waals surface area contributed by atoms with E-state index in [1.165, 1.54) is 122 Å². The first-order chi connectivity index (χ1) is 19.4. The van der Waals surface area contributed by atoms with Gasteiger partial charge in [-0.25, -0.2) is 0 Å². The van der Waals surface area contributed by atoms with Crippen molar-refractivity contribution in [1.29, 1.82) is 0 Å². The SMILES string of the molecule is CCCCCCCCCCCCCCCC[P+](CCCC)(CCCC)CCCC.C[Si](C)(C)CCCOP(C)(=O)[O-]. The second-order valence-corrected chi connectivity index (χ2v) is 26.1. The van der Waals surface area contributed by atoms with Gasteiger partial charge in [-0.2, -0.15) is 0 Å². The van der Waals surface area contributed by atoms with Crippen molar-refractivity contribution in [3.8, 4) is 0 Å². The van der Waals surface area contributed by atoms with Gasteiger partial charge < -0.3 is 14.0 Å². The summed E-state index contributed by atoms with van der Waals surface area (Å²) < 4.78 is 15.2. The van der Waals surface area contributed by atoms with E-state index in [-0.39, 0.29) is 0 Å². The van der Waals surface area contributed by atoms with Crippen molar-refractivity contribution in [3.63, 3.8) is 0 Å². The topological polar surface area (TPSA) is 49.4 Å². The van der Waals surface area contributed by atoms with Gasteiger partial charge >= 0.3 is 0 Å². The molecule has 0 fully saturated rings. The third kappa shape index (κ3) is 35.2. The zero-order valence-electron chi connectivity index (χ0n) is 29.7. The smallest absolute Gasteiger partial charge is 0.131 e. The lowest BCUT2D eigenvalue weighted by Crippen LogP contribution is -2.19. The van der Waals surface area contributed by atoms with Gasteiger partial charge in [-0.15, -0.1) is 0 Å². The molecule has 0 aromatic heterocycles. The van der Waals surface area contributed by atoms with Crippen LogP contribution in [-0.2, 0) is 9.09 Å². The Hall–Kier alpha value is 0.797. The van der Waals surface area contributed by atoms with Crippen molar-refractivity contribution in [2.75, 3.05) is 37.9 Å². The van der Waals surface area contributed by atoms with E-state index in [9.17, 15) is 9.46 Å². The predicted molar refractivity (Wildman–Crippen MR) is 194 cm³/mol. The average molecular weight is 637 g/mol. The molecule has 1 unspecified atom stereocenters. The molecule has 0 saturated heterocycles. The van der Waals surface area contributed by atoms with Gasteiger partial charge in [0, 0.05) is 22.0 Å². The Labute approximate surface area is 262 Å². The van der Waals surface area contributed by atoms with E-state index in [1.807, 2.05) is 0 Å². The average Bonchev–Trinajstić information content (AvgIpc) is 2.91. The summed E-state index contributed by atoms with van der Waals surface area (Å²) >= 11 is 0. The molecule has 0 aliphatic carbocycles. The van der Waals surface area contributed by atoms with Crippen LogP contribution in [0.15, 0.2) is 0 Å². The van der Waals surface area contributed by atoms with Gasteiger partial charge in [0.15, 0.2) is 0 Å². The molecular weight excluding hydrogens is 558 g/mol. The van der Waals surface area contributed by atoms with E-state index in [0.29, 0.717) is 6.61 Å². The summed E-state index contributed by atoms with van der Waals surface area (Å²) in [5.74, 6) is 0. The summed E-state index contributed by atoms with van der Waals surface area (Å²) in [6, 6.07) is 1.12. The van der Waals surface area contributed by atoms with Crippen molar-refractivity contribution < 1.29 is 14.0 Å². The van der Waals surface area contributed by atoms with Gasteiger partial charge in [-0.05, 0) is 38.5 Å². The van der Waals surface area contributed by atoms with E-state index in [4.69, 9.17) is 0 Å². The molecule has 0 spiro atoms. The highest BCUT2D eigenvalue weighted by Crippen LogP contribution is 2.61. The van der Waals surface area contributed by atoms with E-state index < -0.39 is 22.9 Å². The van der Waals surface area contributed by atoms with Crippen LogP contribution in [-0.4, -0.2) is 46.0 Å². The van der Waals surface area contributed by atoms with Gasteiger partial charge in [0.1, 0.15) is 7.60 Å². The van der Waals surface area contributed by atoms with Gasteiger partial charge in [-0.1, -0.05) is 150 Å². The summed E-state index contributed by atoms with van der Waals surface area (Å²) in [4.78, 5) is 10.6. The summed E-state index contributed by atoms with van der Waals surface area (Å²) in [6.45, 7) is 17.7. The summed E-state index contributed by atoms with van der Waals surface area (Å²) in [5, 5.41) is 0. The molecule has 1 atom stereocenters. The molecule has 250 valence electrons. The number of rotatable bonds is 29. The first-order valence-corrected chi connectivity index (χ1v) is 26.5. The van der Waals surface area contributed by atoms with E-state index in [2.05, 4.69) is 51.9 Å². The maximum Gasteiger partial charge on any atom is 0.131 e. The second-order valence-electron chi connectivity index (χ2n) is 14.2. The van der Waals surface area contributed by atoms with Gasteiger partial charge in [0.2, 0.25) is 0 Å². The zero-order chi connectivity index (χ0) is 31.3. The minimum Gasteiger partial charge on any atom is -0.779 e. The molecule has 0 amide bonds. The zero-order valence-corrected chi connectivity index (χ0v) is 32.5. The molecule has 3 nitrogen and oxygen atoms in total. The lowest BCUT2D eigenvalue weighted by molar-refractivity contribution is -0.196. The van der Waals surface area contributed by atoms with Crippen molar-refractivity contribution in [2.45, 2.75) is 188 Å². The van der Waals surface area contributed by atoms with Crippen molar-refractivity contribution in [3.05, 3.63) is 0 Å². The molecule has 0 aliphatic rings. The Morgan fingerprint density at radius 3 is 1.17 bits per heavy atom. The highest BCUT2D eigenvalue weighted by atomic mass is 31.2. The van der Waals surface area contributed by atoms with Crippen molar-refractivity contribution in [2.24, 2.45) is 0 Å². The Kier molecular flexibility index (Phi) is 31.6. The Morgan fingerprint density at radius 2 is 0.854 bits per heavy atom. The fourth-order valence-corrected chi connectivity index (χ4v) is 12.5. The van der Waals surface area contributed by atoms with Gasteiger partial charge in [0.25, 0.3) is 0 Å². The highest BCUT2D eigenvalue weighted by molar-refractivity contribution is 7.75. The normalized spacial score (nSPS) is 13.6. The van der Waals surface area contributed by atoms with Crippen LogP contribution in [0.5, 0.6) is 0 Å². The van der Waals surface area contributed by atoms with E-state index >= 15 is 0 Å². The molecule has 6 heteroatoms. The minimum atomic E-state index is -3.48. The van der Waals surface area contributed by atoms with Crippen molar-refractivity contribution >= 4 is 22.9 Å². The van der Waals surface area contributed by atoms with Crippen LogP contribution in [0.2, 0.25) is 25.7 Å². The fraction of sp³-hybridized carbons (Fsp3) is 1.00. The lowest BCUT2D eigenvalue weighted by atomic mass is 10.0. The first-order valence-electron chi connectivity index (χ1n) is 18.2. The quantitative estimate of drug-likeness (QED) is 0.0466. The Balaban J connectivity index is 0. The summed E-state index contributed by atoms with van der Waals surface area (Å²) in [7, 11) is -5.14. The summed E-state index contributed by atoms with van der Waals surface area (Å²) in [5.41, 5.74) is 0. The molecule has 0 N–H and O–H groups in total. The maximum atomic E-state index is 10.6. The predicted octanol–water partition coefficient (Wildman–Crippen LogP) is 12.8. The van der Waals surface area contributed by atoms with Crippen LogP contribution < -0.4 is 4.89 Å². The minimum absolute atomic E-state index is 0.349. The maximum absolute atomic E-state index is 10.6. The van der Waals surface area contributed by atoms with Crippen LogP contribution in [0.4, 0.5) is 0 Å². The van der Waals surface area contributed by atoms with E-state index in [1.54, 1.807) is 31.1 Å². The lowest BCUT2D eigenvalue weighted by Gasteiger charge is -2.28. The molecule has 0 heterocycles. The molecular formula is C35H78O3P2Si. The molecule has 0 aliphatic heterocycles. The highest BCUT2D eigenvalue weighted by Gasteiger charge is 2.34. The van der Waals surface area contributed by atoms with Crippen LogP contribution in [0.25, 0.3) is 0 Å². The van der Waals surface area contributed by atoms with Gasteiger partial charge in [-0.3, -0.25) is 0 Å².